The number of benzene rings is 2. The fourth-order valence-electron chi connectivity index (χ4n) is 3.34. The van der Waals surface area contributed by atoms with Crippen LogP contribution >= 0.6 is 0 Å². The predicted octanol–water partition coefficient (Wildman–Crippen LogP) is 4.24. The van der Waals surface area contributed by atoms with Crippen LogP contribution in [-0.2, 0) is 6.54 Å². The molecule has 0 spiro atoms. The van der Waals surface area contributed by atoms with E-state index in [1.165, 1.54) is 0 Å². The summed E-state index contributed by atoms with van der Waals surface area (Å²) < 4.78 is 1.76. The lowest BCUT2D eigenvalue weighted by Crippen LogP contribution is -2.26. The van der Waals surface area contributed by atoms with Gasteiger partial charge in [-0.05, 0) is 26.3 Å². The molecule has 4 aromatic rings. The minimum atomic E-state index is -0.902. The van der Waals surface area contributed by atoms with E-state index in [9.17, 15) is 5.11 Å². The van der Waals surface area contributed by atoms with Crippen LogP contribution in [0.15, 0.2) is 60.7 Å². The van der Waals surface area contributed by atoms with Gasteiger partial charge in [0, 0.05) is 11.1 Å². The van der Waals surface area contributed by atoms with Gasteiger partial charge in [0.15, 0.2) is 5.65 Å². The Labute approximate surface area is 158 Å². The van der Waals surface area contributed by atoms with Crippen LogP contribution in [0.3, 0.4) is 0 Å². The van der Waals surface area contributed by atoms with Gasteiger partial charge in [-0.3, -0.25) is 0 Å². The van der Waals surface area contributed by atoms with Crippen LogP contribution in [-0.4, -0.2) is 30.7 Å². The Balaban J connectivity index is 2.00. The first-order valence-corrected chi connectivity index (χ1v) is 9.01. The standard InChI is InChI=1S/C22H22N4O/c1-15-18-20(17-12-8-5-9-13-17)25-26(14-22(2,3)27)21(18)24-23-19(15)16-10-6-4-7-11-16/h4-13,27H,14H2,1-3H3. The van der Waals surface area contributed by atoms with E-state index in [4.69, 9.17) is 5.10 Å². The molecule has 0 saturated heterocycles. The van der Waals surface area contributed by atoms with Crippen molar-refractivity contribution in [1.29, 1.82) is 0 Å². The largest absolute Gasteiger partial charge is 0.389 e. The summed E-state index contributed by atoms with van der Waals surface area (Å²) in [7, 11) is 0. The first-order chi connectivity index (χ1) is 12.9. The van der Waals surface area contributed by atoms with Gasteiger partial charge in [-0.1, -0.05) is 60.7 Å². The Morgan fingerprint density at radius 3 is 1.96 bits per heavy atom. The molecular weight excluding hydrogens is 336 g/mol. The molecule has 4 rings (SSSR count). The summed E-state index contributed by atoms with van der Waals surface area (Å²) in [6, 6.07) is 20.1. The van der Waals surface area contributed by atoms with Gasteiger partial charge in [0.2, 0.25) is 0 Å². The van der Waals surface area contributed by atoms with E-state index in [0.29, 0.717) is 12.2 Å². The topological polar surface area (TPSA) is 63.8 Å². The van der Waals surface area contributed by atoms with Gasteiger partial charge < -0.3 is 5.11 Å². The molecule has 2 heterocycles. The third-order valence-electron chi connectivity index (χ3n) is 4.53. The summed E-state index contributed by atoms with van der Waals surface area (Å²) >= 11 is 0. The number of aromatic nitrogens is 4. The Morgan fingerprint density at radius 1 is 0.852 bits per heavy atom. The average molecular weight is 358 g/mol. The number of nitrogens with zero attached hydrogens (tertiary/aromatic N) is 4. The second-order valence-electron chi connectivity index (χ2n) is 7.42. The number of hydrogen-bond acceptors (Lipinski definition) is 4. The molecule has 0 atom stereocenters. The molecule has 5 heteroatoms. The molecule has 2 aromatic heterocycles. The summed E-state index contributed by atoms with van der Waals surface area (Å²) in [4.78, 5) is 0. The van der Waals surface area contributed by atoms with Crippen LogP contribution in [0.4, 0.5) is 0 Å². The maximum atomic E-state index is 10.3. The van der Waals surface area contributed by atoms with Gasteiger partial charge in [0.1, 0.15) is 5.69 Å². The second-order valence-corrected chi connectivity index (χ2v) is 7.42. The van der Waals surface area contributed by atoms with Crippen molar-refractivity contribution in [3.63, 3.8) is 0 Å². The maximum absolute atomic E-state index is 10.3. The highest BCUT2D eigenvalue weighted by Gasteiger charge is 2.23. The van der Waals surface area contributed by atoms with E-state index in [2.05, 4.69) is 17.1 Å². The Morgan fingerprint density at radius 2 is 1.41 bits per heavy atom. The van der Waals surface area contributed by atoms with Gasteiger partial charge >= 0.3 is 0 Å². The molecule has 0 radical (unpaired) electrons. The van der Waals surface area contributed by atoms with Crippen LogP contribution in [0.1, 0.15) is 19.4 Å². The summed E-state index contributed by atoms with van der Waals surface area (Å²) in [5.41, 5.74) is 4.58. The quantitative estimate of drug-likeness (QED) is 0.593. The van der Waals surface area contributed by atoms with Crippen molar-refractivity contribution >= 4 is 11.0 Å². The van der Waals surface area contributed by atoms with Crippen molar-refractivity contribution in [2.75, 3.05) is 0 Å². The highest BCUT2D eigenvalue weighted by atomic mass is 16.3. The lowest BCUT2D eigenvalue weighted by molar-refractivity contribution is 0.0590. The first kappa shape index (κ1) is 17.4. The average Bonchev–Trinajstić information content (AvgIpc) is 3.01. The zero-order chi connectivity index (χ0) is 19.0. The normalized spacial score (nSPS) is 11.9. The monoisotopic (exact) mass is 358 g/mol. The number of hydrogen-bond donors (Lipinski definition) is 1. The Bertz CT molecular complexity index is 1080. The molecule has 0 aliphatic rings. The molecular formula is C22H22N4O. The van der Waals surface area contributed by atoms with E-state index in [0.717, 1.165) is 33.5 Å². The highest BCUT2D eigenvalue weighted by Crippen LogP contribution is 2.33. The number of aliphatic hydroxyl groups is 1. The molecule has 0 aliphatic carbocycles. The second kappa shape index (κ2) is 6.59. The molecule has 0 unspecified atom stereocenters. The molecule has 0 aliphatic heterocycles. The molecule has 2 aromatic carbocycles. The third-order valence-corrected chi connectivity index (χ3v) is 4.53. The van der Waals surface area contributed by atoms with Gasteiger partial charge in [0.25, 0.3) is 0 Å². The molecule has 136 valence electrons. The summed E-state index contributed by atoms with van der Waals surface area (Å²) in [6.45, 7) is 5.93. The van der Waals surface area contributed by atoms with Crippen LogP contribution in [0.2, 0.25) is 0 Å². The molecule has 5 nitrogen and oxygen atoms in total. The number of aryl methyl sites for hydroxylation is 1. The van der Waals surface area contributed by atoms with Crippen LogP contribution < -0.4 is 0 Å². The fraction of sp³-hybridized carbons (Fsp3) is 0.227. The minimum absolute atomic E-state index is 0.342. The van der Waals surface area contributed by atoms with Gasteiger partial charge in [0.05, 0.1) is 23.2 Å². The van der Waals surface area contributed by atoms with Gasteiger partial charge in [-0.2, -0.15) is 5.10 Å². The zero-order valence-electron chi connectivity index (χ0n) is 15.7. The molecule has 27 heavy (non-hydrogen) atoms. The maximum Gasteiger partial charge on any atom is 0.181 e. The van der Waals surface area contributed by atoms with Crippen molar-refractivity contribution in [2.45, 2.75) is 32.9 Å². The molecule has 1 N–H and O–H groups in total. The first-order valence-electron chi connectivity index (χ1n) is 9.01. The lowest BCUT2D eigenvalue weighted by Gasteiger charge is -2.17. The van der Waals surface area contributed by atoms with Gasteiger partial charge in [-0.25, -0.2) is 4.68 Å². The molecule has 0 amide bonds. The Kier molecular flexibility index (Phi) is 4.24. The number of fused-ring (bicyclic) bond motifs is 1. The van der Waals surface area contributed by atoms with Crippen LogP contribution in [0, 0.1) is 6.92 Å². The van der Waals surface area contributed by atoms with E-state index in [1.807, 2.05) is 60.7 Å². The van der Waals surface area contributed by atoms with E-state index in [-0.39, 0.29) is 0 Å². The van der Waals surface area contributed by atoms with Crippen molar-refractivity contribution < 1.29 is 5.11 Å². The van der Waals surface area contributed by atoms with Crippen molar-refractivity contribution in [3.05, 3.63) is 66.2 Å². The van der Waals surface area contributed by atoms with E-state index in [1.54, 1.807) is 18.5 Å². The van der Waals surface area contributed by atoms with Crippen molar-refractivity contribution in [1.82, 2.24) is 20.0 Å². The molecule has 0 saturated carbocycles. The smallest absolute Gasteiger partial charge is 0.181 e. The zero-order valence-corrected chi connectivity index (χ0v) is 15.7. The molecule has 0 bridgehead atoms. The molecule has 0 fully saturated rings. The fourth-order valence-corrected chi connectivity index (χ4v) is 3.34. The lowest BCUT2D eigenvalue weighted by atomic mass is 10.0. The third kappa shape index (κ3) is 3.34. The Hall–Kier alpha value is -3.05. The highest BCUT2D eigenvalue weighted by molar-refractivity contribution is 5.96. The van der Waals surface area contributed by atoms with Crippen molar-refractivity contribution in [2.24, 2.45) is 0 Å². The number of rotatable bonds is 4. The summed E-state index contributed by atoms with van der Waals surface area (Å²) in [5, 5.41) is 25.0. The van der Waals surface area contributed by atoms with E-state index < -0.39 is 5.60 Å². The summed E-state index contributed by atoms with van der Waals surface area (Å²) in [6.07, 6.45) is 0. The van der Waals surface area contributed by atoms with Gasteiger partial charge in [-0.15, -0.1) is 10.2 Å². The minimum Gasteiger partial charge on any atom is -0.389 e. The van der Waals surface area contributed by atoms with Crippen molar-refractivity contribution in [3.8, 4) is 22.5 Å². The van der Waals surface area contributed by atoms with Crippen LogP contribution in [0.25, 0.3) is 33.5 Å². The predicted molar refractivity (Wildman–Crippen MR) is 107 cm³/mol. The summed E-state index contributed by atoms with van der Waals surface area (Å²) in [5.74, 6) is 0. The van der Waals surface area contributed by atoms with Crippen LogP contribution in [0.5, 0.6) is 0 Å². The SMILES string of the molecule is Cc1c(-c2ccccc2)nnc2c1c(-c1ccccc1)nn2CC(C)(C)O. The van der Waals surface area contributed by atoms with E-state index >= 15 is 0 Å².